The molecule has 2 heterocycles. The van der Waals surface area contributed by atoms with E-state index in [1.54, 1.807) is 50.4 Å². The van der Waals surface area contributed by atoms with Gasteiger partial charge in [0.15, 0.2) is 18.1 Å². The predicted molar refractivity (Wildman–Crippen MR) is 163 cm³/mol. The number of aryl methyl sites for hydroxylation is 1. The molecule has 0 radical (unpaired) electrons. The van der Waals surface area contributed by atoms with Gasteiger partial charge in [0, 0.05) is 28.3 Å². The van der Waals surface area contributed by atoms with Gasteiger partial charge in [0.05, 0.1) is 41.6 Å². The molecule has 11 nitrogen and oxygen atoms in total. The summed E-state index contributed by atoms with van der Waals surface area (Å²) in [4.78, 5) is 37.2. The lowest BCUT2D eigenvalue weighted by Gasteiger charge is -2.28. The minimum atomic E-state index is -0.771. The van der Waals surface area contributed by atoms with E-state index in [1.807, 2.05) is 30.5 Å². The summed E-state index contributed by atoms with van der Waals surface area (Å²) in [7, 11) is 1.44. The van der Waals surface area contributed by atoms with Crippen LogP contribution in [0.15, 0.2) is 58.8 Å². The average Bonchev–Trinajstić information content (AvgIpc) is 3.25. The Morgan fingerprint density at radius 1 is 1.07 bits per heavy atom. The first kappa shape index (κ1) is 31.5. The van der Waals surface area contributed by atoms with E-state index >= 15 is 0 Å². The zero-order valence-electron chi connectivity index (χ0n) is 24.2. The summed E-state index contributed by atoms with van der Waals surface area (Å²) < 4.78 is 18.3. The van der Waals surface area contributed by atoms with Gasteiger partial charge in [0.2, 0.25) is 0 Å². The number of carbonyl (C=O) groups is 3. The van der Waals surface area contributed by atoms with Crippen LogP contribution in [0.3, 0.4) is 0 Å². The summed E-state index contributed by atoms with van der Waals surface area (Å²) in [5.41, 5.74) is 7.19. The highest BCUT2D eigenvalue weighted by atomic mass is 35.5. The molecule has 2 aromatic carbocycles. The van der Waals surface area contributed by atoms with Gasteiger partial charge in [-0.3, -0.25) is 4.79 Å². The molecular weight excluding hydrogens is 597 g/mol. The lowest BCUT2D eigenvalue weighted by atomic mass is 9.95. The van der Waals surface area contributed by atoms with Gasteiger partial charge in [-0.05, 0) is 69.7 Å². The minimum Gasteiger partial charge on any atom is -0.493 e. The first-order chi connectivity index (χ1) is 20.5. The van der Waals surface area contributed by atoms with Gasteiger partial charge in [0.1, 0.15) is 0 Å². The number of hydrazone groups is 1. The highest BCUT2D eigenvalue weighted by Crippen LogP contribution is 2.34. The van der Waals surface area contributed by atoms with E-state index in [2.05, 4.69) is 21.2 Å². The van der Waals surface area contributed by atoms with E-state index in [1.165, 1.54) is 7.11 Å². The second kappa shape index (κ2) is 13.7. The van der Waals surface area contributed by atoms with Gasteiger partial charge in [-0.25, -0.2) is 15.0 Å². The van der Waals surface area contributed by atoms with E-state index in [-0.39, 0.29) is 24.5 Å². The number of esters is 1. The number of halogens is 2. The molecule has 3 amide bonds. The van der Waals surface area contributed by atoms with Crippen molar-refractivity contribution >= 4 is 47.3 Å². The number of nitrogens with one attached hydrogen (secondary N) is 3. The Hall–Kier alpha value is -4.48. The van der Waals surface area contributed by atoms with Crippen molar-refractivity contribution in [3.63, 3.8) is 0 Å². The highest BCUT2D eigenvalue weighted by molar-refractivity contribution is 6.42. The number of rotatable bonds is 10. The largest absolute Gasteiger partial charge is 0.493 e. The molecule has 0 bridgehead atoms. The molecule has 0 aliphatic carbocycles. The van der Waals surface area contributed by atoms with Crippen molar-refractivity contribution in [2.24, 2.45) is 5.10 Å². The molecule has 1 aromatic heterocycles. The minimum absolute atomic E-state index is 0.184. The van der Waals surface area contributed by atoms with Gasteiger partial charge in [0.25, 0.3) is 5.91 Å². The van der Waals surface area contributed by atoms with Crippen LogP contribution in [-0.2, 0) is 14.3 Å². The molecule has 0 unspecified atom stereocenters. The Labute approximate surface area is 258 Å². The molecule has 1 aliphatic heterocycles. The number of ether oxygens (including phenoxy) is 3. The van der Waals surface area contributed by atoms with Gasteiger partial charge in [-0.2, -0.15) is 5.10 Å². The SMILES string of the molecule is CCOC(=O)C1=C(C)NC(=O)N[C@@H]1c1ccc(OCC(=O)NN=Cc2cc(C)n(-c3ccc(Cl)c(Cl)c3)c2C)c(OC)c1. The van der Waals surface area contributed by atoms with Crippen LogP contribution in [0, 0.1) is 13.8 Å². The van der Waals surface area contributed by atoms with E-state index in [4.69, 9.17) is 37.4 Å². The van der Waals surface area contributed by atoms with Crippen molar-refractivity contribution in [1.29, 1.82) is 0 Å². The Kier molecular flexibility index (Phi) is 9.99. The third kappa shape index (κ3) is 7.12. The average molecular weight is 629 g/mol. The zero-order chi connectivity index (χ0) is 31.3. The van der Waals surface area contributed by atoms with Crippen molar-refractivity contribution in [2.75, 3.05) is 20.3 Å². The number of hydrogen-bond acceptors (Lipinski definition) is 7. The van der Waals surface area contributed by atoms with Gasteiger partial charge in [-0.15, -0.1) is 0 Å². The number of urea groups is 1. The van der Waals surface area contributed by atoms with Crippen molar-refractivity contribution in [3.8, 4) is 17.2 Å². The molecule has 226 valence electrons. The third-order valence-electron chi connectivity index (χ3n) is 6.67. The van der Waals surface area contributed by atoms with Crippen LogP contribution in [0.2, 0.25) is 10.0 Å². The van der Waals surface area contributed by atoms with E-state index in [0.717, 1.165) is 22.6 Å². The number of allylic oxidation sites excluding steroid dienone is 1. The van der Waals surface area contributed by atoms with E-state index < -0.39 is 23.9 Å². The molecule has 4 rings (SSSR count). The third-order valence-corrected chi connectivity index (χ3v) is 7.41. The highest BCUT2D eigenvalue weighted by Gasteiger charge is 2.32. The summed E-state index contributed by atoms with van der Waals surface area (Å²) in [6, 6.07) is 11.0. The Morgan fingerprint density at radius 2 is 1.84 bits per heavy atom. The van der Waals surface area contributed by atoms with Crippen LogP contribution in [0.25, 0.3) is 5.69 Å². The summed E-state index contributed by atoms with van der Waals surface area (Å²) in [6.45, 7) is 7.05. The summed E-state index contributed by atoms with van der Waals surface area (Å²) in [5.74, 6) is -0.453. The molecule has 3 N–H and O–H groups in total. The maximum absolute atomic E-state index is 12.6. The second-order valence-corrected chi connectivity index (χ2v) is 10.4. The van der Waals surface area contributed by atoms with Crippen LogP contribution >= 0.6 is 23.2 Å². The zero-order valence-corrected chi connectivity index (χ0v) is 25.7. The maximum atomic E-state index is 12.6. The quantitative estimate of drug-likeness (QED) is 0.162. The smallest absolute Gasteiger partial charge is 0.338 e. The molecule has 1 atom stereocenters. The fraction of sp³-hybridized carbons (Fsp3) is 0.267. The van der Waals surface area contributed by atoms with Gasteiger partial charge >= 0.3 is 12.0 Å². The van der Waals surface area contributed by atoms with Crippen LogP contribution in [-0.4, -0.2) is 49.0 Å². The number of benzene rings is 2. The monoisotopic (exact) mass is 627 g/mol. The topological polar surface area (TPSA) is 132 Å². The van der Waals surface area contributed by atoms with Crippen molar-refractivity contribution < 1.29 is 28.6 Å². The van der Waals surface area contributed by atoms with E-state index in [0.29, 0.717) is 27.1 Å². The van der Waals surface area contributed by atoms with Crippen LogP contribution in [0.1, 0.15) is 42.4 Å². The number of methoxy groups -OCH3 is 1. The Bertz CT molecular complexity index is 1630. The van der Waals surface area contributed by atoms with Gasteiger partial charge < -0.3 is 29.4 Å². The Balaban J connectivity index is 1.42. The van der Waals surface area contributed by atoms with Crippen molar-refractivity contribution in [3.05, 3.63) is 86.3 Å². The number of carbonyl (C=O) groups excluding carboxylic acids is 3. The molecule has 43 heavy (non-hydrogen) atoms. The van der Waals surface area contributed by atoms with E-state index in [9.17, 15) is 14.4 Å². The Morgan fingerprint density at radius 3 is 2.53 bits per heavy atom. The predicted octanol–water partition coefficient (Wildman–Crippen LogP) is 5.13. The summed E-state index contributed by atoms with van der Waals surface area (Å²) >= 11 is 12.2. The number of nitrogens with zero attached hydrogens (tertiary/aromatic N) is 2. The standard InChI is InChI=1S/C30H31Cl2N5O6/c1-6-42-29(39)27-17(3)34-30(40)35-28(27)19-7-10-24(25(12-19)41-5)43-15-26(38)36-33-14-20-11-16(2)37(18(20)4)21-8-9-22(31)23(32)13-21/h7-14,28H,6,15H2,1-5H3,(H,36,38)(H2,34,35,40)/t28-/m1/s1. The molecule has 1 aliphatic rings. The maximum Gasteiger partial charge on any atom is 0.338 e. The number of aromatic nitrogens is 1. The number of amides is 3. The first-order valence-electron chi connectivity index (χ1n) is 13.3. The molecule has 13 heteroatoms. The molecule has 0 saturated carbocycles. The molecular formula is C30H31Cl2N5O6. The van der Waals surface area contributed by atoms with Gasteiger partial charge in [-0.1, -0.05) is 29.3 Å². The van der Waals surface area contributed by atoms with Crippen LogP contribution in [0.4, 0.5) is 4.79 Å². The second-order valence-electron chi connectivity index (χ2n) is 9.54. The first-order valence-corrected chi connectivity index (χ1v) is 14.0. The molecule has 0 spiro atoms. The fourth-order valence-corrected chi connectivity index (χ4v) is 4.99. The van der Waals surface area contributed by atoms with Crippen LogP contribution in [0.5, 0.6) is 11.5 Å². The number of hydrogen-bond donors (Lipinski definition) is 3. The molecule has 0 fully saturated rings. The summed E-state index contributed by atoms with van der Waals surface area (Å²) in [5, 5.41) is 10.3. The molecule has 3 aromatic rings. The van der Waals surface area contributed by atoms with Crippen molar-refractivity contribution in [2.45, 2.75) is 33.7 Å². The van der Waals surface area contributed by atoms with Crippen molar-refractivity contribution in [1.82, 2.24) is 20.6 Å². The summed E-state index contributed by atoms with van der Waals surface area (Å²) in [6.07, 6.45) is 1.55. The lowest BCUT2D eigenvalue weighted by Crippen LogP contribution is -2.45. The normalized spacial score (nSPS) is 14.8. The lowest BCUT2D eigenvalue weighted by molar-refractivity contribution is -0.139. The fourth-order valence-electron chi connectivity index (χ4n) is 4.70. The molecule has 0 saturated heterocycles. The van der Waals surface area contributed by atoms with Crippen LogP contribution < -0.4 is 25.5 Å².